The molecule has 0 amide bonds. The fourth-order valence-corrected chi connectivity index (χ4v) is 3.37. The van der Waals surface area contributed by atoms with Crippen LogP contribution in [0.5, 0.6) is 0 Å². The minimum Gasteiger partial charge on any atom is -0.206 e. The molecule has 1 saturated carbocycles. The lowest BCUT2D eigenvalue weighted by Crippen LogP contribution is -2.00. The van der Waals surface area contributed by atoms with E-state index in [2.05, 4.69) is 13.8 Å². The van der Waals surface area contributed by atoms with Crippen LogP contribution >= 0.6 is 11.6 Å². The second-order valence-corrected chi connectivity index (χ2v) is 6.35. The number of fused-ring (bicyclic) bond motifs is 1. The molecule has 0 N–H and O–H groups in total. The van der Waals surface area contributed by atoms with E-state index in [0.29, 0.717) is 16.7 Å². The van der Waals surface area contributed by atoms with Crippen molar-refractivity contribution in [3.05, 3.63) is 47.8 Å². The van der Waals surface area contributed by atoms with E-state index in [0.717, 1.165) is 17.4 Å². The number of hydrogen-bond donors (Lipinski definition) is 0. The molecule has 2 unspecified atom stereocenters. The Morgan fingerprint density at radius 2 is 1.78 bits per heavy atom. The predicted molar refractivity (Wildman–Crippen MR) is 74.4 cm³/mol. The molecule has 1 fully saturated rings. The zero-order valence-corrected chi connectivity index (χ0v) is 11.3. The van der Waals surface area contributed by atoms with Gasteiger partial charge in [0.1, 0.15) is 5.82 Å². The summed E-state index contributed by atoms with van der Waals surface area (Å²) >= 11 is 6.60. The van der Waals surface area contributed by atoms with Crippen LogP contribution in [0.3, 0.4) is 0 Å². The van der Waals surface area contributed by atoms with Crippen LogP contribution in [0, 0.1) is 17.2 Å². The zero-order chi connectivity index (χ0) is 12.9. The lowest BCUT2D eigenvalue weighted by Gasteiger charge is -2.15. The van der Waals surface area contributed by atoms with Crippen molar-refractivity contribution in [3.8, 4) is 0 Å². The normalized spacial score (nSPS) is 23.0. The fourth-order valence-electron chi connectivity index (χ4n) is 2.75. The highest BCUT2D eigenvalue weighted by Crippen LogP contribution is 2.60. The standard InChI is InChI=1S/C16H16ClF/c1-16(2)9-13(16)15(17)12-7-8-14(18)11-6-4-3-5-10(11)12/h3-8,13,15H,9H2,1-2H3. The van der Waals surface area contributed by atoms with Gasteiger partial charge in [0.15, 0.2) is 0 Å². The third-order valence-corrected chi connectivity index (χ3v) is 4.68. The van der Waals surface area contributed by atoms with Gasteiger partial charge in [-0.05, 0) is 34.8 Å². The topological polar surface area (TPSA) is 0 Å². The Balaban J connectivity index is 2.10. The van der Waals surface area contributed by atoms with E-state index >= 15 is 0 Å². The molecule has 0 saturated heterocycles. The maximum Gasteiger partial charge on any atom is 0.131 e. The number of benzene rings is 2. The van der Waals surface area contributed by atoms with Gasteiger partial charge in [-0.15, -0.1) is 11.6 Å². The predicted octanol–water partition coefficient (Wildman–Crippen LogP) is 5.30. The van der Waals surface area contributed by atoms with Gasteiger partial charge in [-0.25, -0.2) is 4.39 Å². The summed E-state index contributed by atoms with van der Waals surface area (Å²) in [6.45, 7) is 4.47. The molecule has 1 aliphatic carbocycles. The van der Waals surface area contributed by atoms with Crippen molar-refractivity contribution >= 4 is 22.4 Å². The van der Waals surface area contributed by atoms with E-state index in [4.69, 9.17) is 11.6 Å². The third kappa shape index (κ3) is 1.81. The molecular formula is C16H16ClF. The number of hydrogen-bond acceptors (Lipinski definition) is 0. The van der Waals surface area contributed by atoms with Crippen LogP contribution in [0.4, 0.5) is 4.39 Å². The van der Waals surface area contributed by atoms with Crippen LogP contribution in [0.1, 0.15) is 31.2 Å². The van der Waals surface area contributed by atoms with E-state index in [9.17, 15) is 4.39 Å². The quantitative estimate of drug-likeness (QED) is 0.644. The molecule has 1 aliphatic rings. The molecule has 0 aliphatic heterocycles. The second-order valence-electron chi connectivity index (χ2n) is 5.88. The van der Waals surface area contributed by atoms with Gasteiger partial charge >= 0.3 is 0 Å². The third-order valence-electron chi connectivity index (χ3n) is 4.14. The Labute approximate surface area is 112 Å². The number of rotatable bonds is 2. The van der Waals surface area contributed by atoms with Crippen molar-refractivity contribution in [3.63, 3.8) is 0 Å². The maximum absolute atomic E-state index is 13.8. The van der Waals surface area contributed by atoms with Crippen molar-refractivity contribution in [2.24, 2.45) is 11.3 Å². The molecule has 2 atom stereocenters. The largest absolute Gasteiger partial charge is 0.206 e. The lowest BCUT2D eigenvalue weighted by molar-refractivity contribution is 0.549. The van der Waals surface area contributed by atoms with Gasteiger partial charge in [-0.1, -0.05) is 44.2 Å². The minimum atomic E-state index is -0.173. The van der Waals surface area contributed by atoms with Crippen LogP contribution in [0.25, 0.3) is 10.8 Å². The molecule has 0 bridgehead atoms. The van der Waals surface area contributed by atoms with Crippen LogP contribution < -0.4 is 0 Å². The summed E-state index contributed by atoms with van der Waals surface area (Å²) in [6.07, 6.45) is 1.15. The first-order chi connectivity index (χ1) is 8.50. The highest BCUT2D eigenvalue weighted by Gasteiger charge is 2.50. The molecule has 2 aromatic rings. The summed E-state index contributed by atoms with van der Waals surface area (Å²) in [7, 11) is 0. The van der Waals surface area contributed by atoms with E-state index in [1.54, 1.807) is 0 Å². The Morgan fingerprint density at radius 3 is 2.39 bits per heavy atom. The zero-order valence-electron chi connectivity index (χ0n) is 10.6. The molecule has 3 rings (SSSR count). The summed E-state index contributed by atoms with van der Waals surface area (Å²) in [5, 5.41) is 1.59. The monoisotopic (exact) mass is 262 g/mol. The molecular weight excluding hydrogens is 247 g/mol. The summed E-state index contributed by atoms with van der Waals surface area (Å²) in [6, 6.07) is 10.9. The van der Waals surface area contributed by atoms with Crippen LogP contribution in [-0.2, 0) is 0 Å². The lowest BCUT2D eigenvalue weighted by atomic mass is 9.97. The van der Waals surface area contributed by atoms with Gasteiger partial charge in [0, 0.05) is 5.39 Å². The first-order valence-corrected chi connectivity index (χ1v) is 6.75. The van der Waals surface area contributed by atoms with Crippen molar-refractivity contribution in [1.82, 2.24) is 0 Å². The molecule has 0 heterocycles. The van der Waals surface area contributed by atoms with Crippen LogP contribution in [-0.4, -0.2) is 0 Å². The van der Waals surface area contributed by atoms with Gasteiger partial charge in [-0.2, -0.15) is 0 Å². The first-order valence-electron chi connectivity index (χ1n) is 6.32. The van der Waals surface area contributed by atoms with Gasteiger partial charge < -0.3 is 0 Å². The van der Waals surface area contributed by atoms with Crippen LogP contribution in [0.2, 0.25) is 0 Å². The average molecular weight is 263 g/mol. The van der Waals surface area contributed by atoms with E-state index in [-0.39, 0.29) is 11.2 Å². The van der Waals surface area contributed by atoms with Gasteiger partial charge in [0.25, 0.3) is 0 Å². The Kier molecular flexibility index (Phi) is 2.63. The SMILES string of the molecule is CC1(C)CC1C(Cl)c1ccc(F)c2ccccc12. The van der Waals surface area contributed by atoms with E-state index in [1.807, 2.05) is 30.3 Å². The van der Waals surface area contributed by atoms with E-state index < -0.39 is 0 Å². The molecule has 2 aromatic carbocycles. The average Bonchev–Trinajstić information content (AvgIpc) is 2.99. The summed E-state index contributed by atoms with van der Waals surface area (Å²) < 4.78 is 13.8. The Morgan fingerprint density at radius 1 is 1.17 bits per heavy atom. The van der Waals surface area contributed by atoms with E-state index in [1.165, 1.54) is 6.07 Å². The van der Waals surface area contributed by atoms with Crippen molar-refractivity contribution in [2.45, 2.75) is 25.6 Å². The number of alkyl halides is 1. The van der Waals surface area contributed by atoms with Gasteiger partial charge in [0.2, 0.25) is 0 Å². The van der Waals surface area contributed by atoms with Crippen molar-refractivity contribution in [1.29, 1.82) is 0 Å². The van der Waals surface area contributed by atoms with Gasteiger partial charge in [0.05, 0.1) is 5.38 Å². The van der Waals surface area contributed by atoms with Crippen molar-refractivity contribution < 1.29 is 4.39 Å². The smallest absolute Gasteiger partial charge is 0.131 e. The minimum absolute atomic E-state index is 0.0227. The molecule has 0 nitrogen and oxygen atoms in total. The summed E-state index contributed by atoms with van der Waals surface area (Å²) in [4.78, 5) is 0. The molecule has 94 valence electrons. The Bertz CT molecular complexity index is 603. The molecule has 18 heavy (non-hydrogen) atoms. The fraction of sp³-hybridized carbons (Fsp3) is 0.375. The second kappa shape index (κ2) is 3.96. The maximum atomic E-state index is 13.8. The molecule has 0 radical (unpaired) electrons. The van der Waals surface area contributed by atoms with Gasteiger partial charge in [-0.3, -0.25) is 0 Å². The molecule has 0 spiro atoms. The number of halogens is 2. The molecule has 2 heteroatoms. The first kappa shape index (κ1) is 12.0. The highest BCUT2D eigenvalue weighted by atomic mass is 35.5. The molecule has 0 aromatic heterocycles. The van der Waals surface area contributed by atoms with Crippen LogP contribution in [0.15, 0.2) is 36.4 Å². The van der Waals surface area contributed by atoms with Crippen molar-refractivity contribution in [2.75, 3.05) is 0 Å². The summed E-state index contributed by atoms with van der Waals surface area (Å²) in [5.41, 5.74) is 1.38. The summed E-state index contributed by atoms with van der Waals surface area (Å²) in [5.74, 6) is 0.321. The highest BCUT2D eigenvalue weighted by molar-refractivity contribution is 6.22. The Hall–Kier alpha value is -1.08.